The van der Waals surface area contributed by atoms with Gasteiger partial charge < -0.3 is 0 Å². The van der Waals surface area contributed by atoms with Gasteiger partial charge in [-0.2, -0.15) is 0 Å². The molecule has 0 saturated carbocycles. The Morgan fingerprint density at radius 3 is 1.89 bits per heavy atom. The van der Waals surface area contributed by atoms with E-state index in [1.165, 1.54) is 42.9 Å². The summed E-state index contributed by atoms with van der Waals surface area (Å²) in [6, 6.07) is 0. The van der Waals surface area contributed by atoms with E-state index in [1.54, 1.807) is 3.37 Å². The summed E-state index contributed by atoms with van der Waals surface area (Å²) in [6.45, 7) is 0. The van der Waals surface area contributed by atoms with Crippen molar-refractivity contribution in [3.63, 3.8) is 0 Å². The molecule has 1 aromatic heterocycles. The molecule has 0 saturated heterocycles. The average Bonchev–Trinajstić information content (AvgIpc) is 2.99. The number of thioether (sulfide) groups is 4. The monoisotopic (exact) mass is 482 g/mol. The van der Waals surface area contributed by atoms with Crippen LogP contribution >= 0.6 is 69.7 Å². The summed E-state index contributed by atoms with van der Waals surface area (Å²) >= 11 is 11.4. The van der Waals surface area contributed by atoms with Crippen LogP contribution in [0.2, 0.25) is 0 Å². The van der Waals surface area contributed by atoms with Gasteiger partial charge in [-0.15, -0.1) is 0 Å². The van der Waals surface area contributed by atoms with Crippen LogP contribution in [0.3, 0.4) is 0 Å². The van der Waals surface area contributed by atoms with Crippen LogP contribution in [0.5, 0.6) is 0 Å². The van der Waals surface area contributed by atoms with E-state index in [1.807, 2.05) is 47.0 Å². The normalized spacial score (nSPS) is 19.0. The van der Waals surface area contributed by atoms with Crippen LogP contribution in [0.1, 0.15) is 0 Å². The molecule has 0 aliphatic carbocycles. The molecular formula is C9H6OS6Se2. The molecule has 96 valence electrons. The minimum absolute atomic E-state index is 0.284. The van der Waals surface area contributed by atoms with Crippen LogP contribution in [0.25, 0.3) is 0 Å². The van der Waals surface area contributed by atoms with E-state index in [0.717, 1.165) is 0 Å². The van der Waals surface area contributed by atoms with Crippen molar-refractivity contribution < 1.29 is 0 Å². The van der Waals surface area contributed by atoms with Gasteiger partial charge in [-0.3, -0.25) is 0 Å². The van der Waals surface area contributed by atoms with Crippen LogP contribution in [0, 0.1) is 0 Å². The molecule has 0 N–H and O–H groups in total. The Hall–Kier alpha value is 1.77. The summed E-state index contributed by atoms with van der Waals surface area (Å²) in [5.74, 6) is 0. The van der Waals surface area contributed by atoms with Crippen LogP contribution < -0.4 is 11.6 Å². The Bertz CT molecular complexity index is 566. The van der Waals surface area contributed by atoms with Gasteiger partial charge in [-0.1, -0.05) is 0 Å². The summed E-state index contributed by atoms with van der Waals surface area (Å²) in [5.41, 5.74) is 0. The fraction of sp³-hybridized carbons (Fsp3) is 0.222. The molecule has 0 spiro atoms. The van der Waals surface area contributed by atoms with Gasteiger partial charge in [-0.25, -0.2) is 0 Å². The summed E-state index contributed by atoms with van der Waals surface area (Å²) in [4.78, 5) is 11.3. The van der Waals surface area contributed by atoms with E-state index in [0.29, 0.717) is 29.9 Å². The standard InChI is InChI=1S/C9H6OS6Se2/c1-11-3-4(12-2)14-5(13-3)8-17-6-7(18-8)16-9(10)15-6/h1-2H3. The van der Waals surface area contributed by atoms with Crippen LogP contribution in [0.15, 0.2) is 20.9 Å². The van der Waals surface area contributed by atoms with Gasteiger partial charge in [0.1, 0.15) is 0 Å². The maximum absolute atomic E-state index is 11.3. The van der Waals surface area contributed by atoms with Gasteiger partial charge in [0.15, 0.2) is 0 Å². The van der Waals surface area contributed by atoms with E-state index >= 15 is 0 Å². The van der Waals surface area contributed by atoms with Crippen molar-refractivity contribution in [1.82, 2.24) is 0 Å². The van der Waals surface area contributed by atoms with Crippen molar-refractivity contribution >= 4 is 107 Å². The van der Waals surface area contributed by atoms with Crippen molar-refractivity contribution in [2.45, 2.75) is 0 Å². The zero-order chi connectivity index (χ0) is 12.7. The topological polar surface area (TPSA) is 17.1 Å². The van der Waals surface area contributed by atoms with Gasteiger partial charge in [0.25, 0.3) is 0 Å². The van der Waals surface area contributed by atoms with Crippen molar-refractivity contribution in [2.75, 3.05) is 12.5 Å². The number of hydrogen-bond acceptors (Lipinski definition) is 7. The summed E-state index contributed by atoms with van der Waals surface area (Å²) in [6.07, 6.45) is 4.31. The molecule has 2 aliphatic heterocycles. The van der Waals surface area contributed by atoms with E-state index in [4.69, 9.17) is 0 Å². The molecule has 0 atom stereocenters. The predicted molar refractivity (Wildman–Crippen MR) is 95.5 cm³/mol. The molecule has 0 unspecified atom stereocenters. The second-order valence-electron chi connectivity index (χ2n) is 3.00. The third-order valence-electron chi connectivity index (χ3n) is 1.96. The Labute approximate surface area is 143 Å². The third kappa shape index (κ3) is 2.86. The zero-order valence-corrected chi connectivity index (χ0v) is 17.5. The molecular weight excluding hydrogens is 474 g/mol. The summed E-state index contributed by atoms with van der Waals surface area (Å²) in [5, 5.41) is 0. The van der Waals surface area contributed by atoms with Crippen LogP contribution in [-0.2, 0) is 0 Å². The van der Waals surface area contributed by atoms with Crippen molar-refractivity contribution in [2.24, 2.45) is 0 Å². The molecule has 1 aromatic rings. The Kier molecular flexibility index (Phi) is 5.11. The SMILES string of the molecule is CSC1=C(SC)SC(=C2[Se]c3sc(=O)sc3[Se]2)S1. The van der Waals surface area contributed by atoms with Gasteiger partial charge in [0.2, 0.25) is 0 Å². The average molecular weight is 480 g/mol. The minimum atomic E-state index is 0.284. The van der Waals surface area contributed by atoms with Crippen LogP contribution in [0.4, 0.5) is 0 Å². The van der Waals surface area contributed by atoms with Gasteiger partial charge in [-0.05, 0) is 0 Å². The fourth-order valence-electron chi connectivity index (χ4n) is 1.26. The second kappa shape index (κ2) is 6.26. The second-order valence-corrected chi connectivity index (χ2v) is 16.4. The van der Waals surface area contributed by atoms with Gasteiger partial charge >= 0.3 is 145 Å². The fourth-order valence-corrected chi connectivity index (χ4v) is 19.2. The van der Waals surface area contributed by atoms with E-state index in [-0.39, 0.29) is 4.06 Å². The first-order chi connectivity index (χ1) is 8.71. The van der Waals surface area contributed by atoms with E-state index in [2.05, 4.69) is 12.5 Å². The zero-order valence-electron chi connectivity index (χ0n) is 9.17. The Balaban J connectivity index is 1.84. The van der Waals surface area contributed by atoms with Crippen molar-refractivity contribution in [3.05, 3.63) is 24.9 Å². The molecule has 0 bridgehead atoms. The molecule has 3 rings (SSSR count). The molecule has 0 fully saturated rings. The molecule has 2 aliphatic rings. The molecule has 9 heteroatoms. The molecule has 3 heterocycles. The quantitative estimate of drug-likeness (QED) is 0.603. The molecule has 18 heavy (non-hydrogen) atoms. The summed E-state index contributed by atoms with van der Waals surface area (Å²) in [7, 11) is 0. The van der Waals surface area contributed by atoms with Crippen molar-refractivity contribution in [1.29, 1.82) is 0 Å². The first-order valence-corrected chi connectivity index (χ1v) is 13.8. The van der Waals surface area contributed by atoms with Crippen molar-refractivity contribution in [3.8, 4) is 0 Å². The number of hydrogen-bond donors (Lipinski definition) is 0. The van der Waals surface area contributed by atoms with E-state index in [9.17, 15) is 4.79 Å². The molecule has 0 amide bonds. The number of fused-ring (bicyclic) bond motifs is 1. The first-order valence-electron chi connectivity index (χ1n) is 4.63. The number of rotatable bonds is 2. The molecule has 0 radical (unpaired) electrons. The maximum atomic E-state index is 11.3. The van der Waals surface area contributed by atoms with Gasteiger partial charge in [0, 0.05) is 0 Å². The molecule has 0 aromatic carbocycles. The van der Waals surface area contributed by atoms with Crippen LogP contribution in [-0.4, -0.2) is 42.4 Å². The van der Waals surface area contributed by atoms with E-state index < -0.39 is 0 Å². The Morgan fingerprint density at radius 1 is 0.944 bits per heavy atom. The first kappa shape index (κ1) is 14.7. The predicted octanol–water partition coefficient (Wildman–Crippen LogP) is 2.30. The van der Waals surface area contributed by atoms with Gasteiger partial charge in [0.05, 0.1) is 0 Å². The Morgan fingerprint density at radius 2 is 1.44 bits per heavy atom. The molecule has 1 nitrogen and oxygen atoms in total. The summed E-state index contributed by atoms with van der Waals surface area (Å²) < 4.78 is 9.11. The third-order valence-corrected chi connectivity index (χ3v) is 18.3.